The number of amides is 1. The lowest BCUT2D eigenvalue weighted by molar-refractivity contribution is -0.577. The van der Waals surface area contributed by atoms with Gasteiger partial charge < -0.3 is 9.64 Å². The Morgan fingerprint density at radius 1 is 1.03 bits per heavy atom. The Kier molecular flexibility index (Phi) is 7.15. The van der Waals surface area contributed by atoms with E-state index in [0.717, 1.165) is 26.9 Å². The zero-order valence-corrected chi connectivity index (χ0v) is 20.5. The fourth-order valence-corrected chi connectivity index (χ4v) is 4.71. The maximum absolute atomic E-state index is 14.2. The predicted molar refractivity (Wildman–Crippen MR) is 137 cm³/mol. The van der Waals surface area contributed by atoms with Gasteiger partial charge in [-0.15, -0.1) is 0 Å². The molecule has 2 heterocycles. The summed E-state index contributed by atoms with van der Waals surface area (Å²) in [4.78, 5) is 32.2. The second kappa shape index (κ2) is 10.4. The molecule has 4 rings (SSSR count). The second-order valence-electron chi connectivity index (χ2n) is 7.82. The molecule has 1 amide bonds. The molecule has 1 aliphatic heterocycles. The van der Waals surface area contributed by atoms with Crippen molar-refractivity contribution in [2.24, 2.45) is 0 Å². The number of carbonyl (C=O) groups excluding carboxylic acids is 2. The minimum atomic E-state index is -0.715. The van der Waals surface area contributed by atoms with Gasteiger partial charge in [0, 0.05) is 47.8 Å². The van der Waals surface area contributed by atoms with Crippen molar-refractivity contribution in [2.45, 2.75) is 16.7 Å². The molecular formula is C27H25N4O3S+. The molecule has 0 aliphatic carbocycles. The summed E-state index contributed by atoms with van der Waals surface area (Å²) in [6.45, 7) is 1.83. The highest BCUT2D eigenvalue weighted by molar-refractivity contribution is 7.99. The van der Waals surface area contributed by atoms with E-state index in [4.69, 9.17) is 10.1 Å². The fraction of sp³-hybridized carbons (Fsp3) is 0.148. The van der Waals surface area contributed by atoms with Gasteiger partial charge in [0.2, 0.25) is 0 Å². The number of fused-ring (bicyclic) bond motifs is 2. The Hall–Kier alpha value is -4.13. The number of hydrogen-bond donors (Lipinski definition) is 1. The fourth-order valence-electron chi connectivity index (χ4n) is 3.65. The van der Waals surface area contributed by atoms with Gasteiger partial charge in [0.25, 0.3) is 5.70 Å². The Morgan fingerprint density at radius 2 is 1.60 bits per heavy atom. The van der Waals surface area contributed by atoms with Gasteiger partial charge in [-0.05, 0) is 37.1 Å². The highest BCUT2D eigenvalue weighted by Gasteiger charge is 2.34. The zero-order chi connectivity index (χ0) is 24.9. The van der Waals surface area contributed by atoms with E-state index in [1.54, 1.807) is 40.5 Å². The Morgan fingerprint density at radius 3 is 2.11 bits per heavy atom. The van der Waals surface area contributed by atoms with Crippen molar-refractivity contribution in [3.63, 3.8) is 0 Å². The number of carbonyl (C=O) groups is 2. The van der Waals surface area contributed by atoms with Crippen molar-refractivity contribution in [2.75, 3.05) is 30.5 Å². The number of aromatic nitrogens is 1. The first-order valence-corrected chi connectivity index (χ1v) is 11.8. The summed E-state index contributed by atoms with van der Waals surface area (Å²) in [6.07, 6.45) is 4.86. The molecule has 0 saturated carbocycles. The number of rotatable bonds is 6. The third-order valence-electron chi connectivity index (χ3n) is 5.37. The zero-order valence-electron chi connectivity index (χ0n) is 19.7. The first-order chi connectivity index (χ1) is 16.9. The normalized spacial score (nSPS) is 12.2. The van der Waals surface area contributed by atoms with Gasteiger partial charge in [-0.1, -0.05) is 36.0 Å². The van der Waals surface area contributed by atoms with Crippen LogP contribution in [0.15, 0.2) is 94.5 Å². The van der Waals surface area contributed by atoms with Crippen LogP contribution in [0, 0.1) is 5.41 Å². The van der Waals surface area contributed by atoms with Crippen molar-refractivity contribution >= 4 is 52.3 Å². The SMILES string of the molecule is CCOC(=O)C(=C=N)/C=C(/C(=O)N1c2ccccc2Sc2ccccc21)[n+]1ccc(N(C)C)cc1. The number of esters is 1. The van der Waals surface area contributed by atoms with Crippen LogP contribution >= 0.6 is 11.8 Å². The quantitative estimate of drug-likeness (QED) is 0.184. The molecule has 0 spiro atoms. The van der Waals surface area contributed by atoms with Crippen LogP contribution in [0.5, 0.6) is 0 Å². The lowest BCUT2D eigenvalue weighted by Crippen LogP contribution is -2.42. The molecule has 0 radical (unpaired) electrons. The number of nitrogens with one attached hydrogen (secondary N) is 1. The van der Waals surface area contributed by atoms with Crippen LogP contribution in [-0.2, 0) is 14.3 Å². The molecule has 2 aromatic carbocycles. The van der Waals surface area contributed by atoms with Crippen LogP contribution in [0.1, 0.15) is 6.92 Å². The molecule has 0 bridgehead atoms. The van der Waals surface area contributed by atoms with Gasteiger partial charge in [-0.2, -0.15) is 4.57 Å². The van der Waals surface area contributed by atoms with E-state index < -0.39 is 5.97 Å². The average Bonchev–Trinajstić information content (AvgIpc) is 2.87. The van der Waals surface area contributed by atoms with E-state index in [1.807, 2.05) is 79.7 Å². The van der Waals surface area contributed by atoms with Crippen LogP contribution in [0.3, 0.4) is 0 Å². The first kappa shape index (κ1) is 24.0. The molecular weight excluding hydrogens is 460 g/mol. The Bertz CT molecular complexity index is 1310. The molecule has 3 aromatic rings. The predicted octanol–water partition coefficient (Wildman–Crippen LogP) is 4.45. The lowest BCUT2D eigenvalue weighted by Gasteiger charge is -2.30. The van der Waals surface area contributed by atoms with Gasteiger partial charge >= 0.3 is 11.9 Å². The van der Waals surface area contributed by atoms with Crippen LogP contribution in [-0.4, -0.2) is 38.4 Å². The van der Waals surface area contributed by atoms with Gasteiger partial charge in [-0.3, -0.25) is 15.1 Å². The van der Waals surface area contributed by atoms with E-state index >= 15 is 0 Å². The molecule has 1 N–H and O–H groups in total. The maximum Gasteiger partial charge on any atom is 0.347 e. The number of hydrogen-bond acceptors (Lipinski definition) is 6. The van der Waals surface area contributed by atoms with Crippen molar-refractivity contribution in [3.05, 3.63) is 84.7 Å². The molecule has 35 heavy (non-hydrogen) atoms. The molecule has 176 valence electrons. The third kappa shape index (κ3) is 4.89. The minimum Gasteiger partial charge on any atom is -0.462 e. The number of para-hydroxylation sites is 2. The smallest absolute Gasteiger partial charge is 0.347 e. The van der Waals surface area contributed by atoms with Crippen molar-refractivity contribution in [1.82, 2.24) is 0 Å². The molecule has 8 heteroatoms. The molecule has 0 fully saturated rings. The number of pyridine rings is 1. The van der Waals surface area contributed by atoms with E-state index in [9.17, 15) is 9.59 Å². The largest absolute Gasteiger partial charge is 0.462 e. The summed E-state index contributed by atoms with van der Waals surface area (Å²) < 4.78 is 6.71. The van der Waals surface area contributed by atoms with Gasteiger partial charge in [0.05, 0.1) is 18.0 Å². The Labute approximate surface area is 208 Å². The lowest BCUT2D eigenvalue weighted by atomic mass is 10.1. The molecule has 0 atom stereocenters. The van der Waals surface area contributed by atoms with Crippen molar-refractivity contribution in [3.8, 4) is 0 Å². The number of nitrogens with zero attached hydrogens (tertiary/aromatic N) is 3. The average molecular weight is 486 g/mol. The number of anilines is 3. The number of benzene rings is 2. The van der Waals surface area contributed by atoms with Crippen molar-refractivity contribution in [1.29, 1.82) is 5.41 Å². The van der Waals surface area contributed by atoms with Crippen molar-refractivity contribution < 1.29 is 18.9 Å². The molecule has 1 aromatic heterocycles. The summed E-state index contributed by atoms with van der Waals surface area (Å²) in [6, 6.07) is 19.1. The monoisotopic (exact) mass is 485 g/mol. The van der Waals surface area contributed by atoms with E-state index in [1.165, 1.54) is 6.08 Å². The van der Waals surface area contributed by atoms with Gasteiger partial charge in [-0.25, -0.2) is 4.79 Å². The molecule has 1 aliphatic rings. The molecule has 0 saturated heterocycles. The van der Waals surface area contributed by atoms with Crippen LogP contribution < -0.4 is 14.4 Å². The highest BCUT2D eigenvalue weighted by atomic mass is 32.2. The van der Waals surface area contributed by atoms with Gasteiger partial charge in [0.15, 0.2) is 12.4 Å². The number of ether oxygens (including phenoxy) is 1. The van der Waals surface area contributed by atoms with E-state index in [0.29, 0.717) is 0 Å². The van der Waals surface area contributed by atoms with Crippen LogP contribution in [0.4, 0.5) is 17.1 Å². The van der Waals surface area contributed by atoms with E-state index in [2.05, 4.69) is 5.87 Å². The molecule has 7 nitrogen and oxygen atoms in total. The maximum atomic E-state index is 14.2. The summed E-state index contributed by atoms with van der Waals surface area (Å²) in [5.41, 5.74) is 2.47. The highest BCUT2D eigenvalue weighted by Crippen LogP contribution is 2.48. The Balaban J connectivity index is 1.89. The summed E-state index contributed by atoms with van der Waals surface area (Å²) in [7, 11) is 3.86. The van der Waals surface area contributed by atoms with Crippen LogP contribution in [0.2, 0.25) is 0 Å². The summed E-state index contributed by atoms with van der Waals surface area (Å²) in [5, 5.41) is 7.66. The second-order valence-corrected chi connectivity index (χ2v) is 8.91. The first-order valence-electron chi connectivity index (χ1n) is 11.0. The van der Waals surface area contributed by atoms with Gasteiger partial charge in [0.1, 0.15) is 5.57 Å². The summed E-state index contributed by atoms with van der Waals surface area (Å²) in [5.74, 6) is 1.06. The topological polar surface area (TPSA) is 77.6 Å². The van der Waals surface area contributed by atoms with E-state index in [-0.39, 0.29) is 23.8 Å². The standard InChI is InChI=1S/C27H25N4O3S/c1-4-34-27(33)19(18-28)17-23(30-15-13-20(14-16-30)29(2)3)26(32)31-21-9-5-7-11-24(21)35-25-12-8-6-10-22(25)31/h5-17,28H,4H2,1-3H3/q+1/b23-17-. The third-order valence-corrected chi connectivity index (χ3v) is 6.50. The minimum absolute atomic E-state index is 0.146. The van der Waals surface area contributed by atoms with Crippen LogP contribution in [0.25, 0.3) is 5.70 Å². The molecule has 0 unspecified atom stereocenters. The summed E-state index contributed by atoms with van der Waals surface area (Å²) >= 11 is 1.60.